The molecule has 0 radical (unpaired) electrons. The van der Waals surface area contributed by atoms with Gasteiger partial charge < -0.3 is 15.4 Å². The van der Waals surface area contributed by atoms with Crippen LogP contribution in [0.15, 0.2) is 29.6 Å². The van der Waals surface area contributed by atoms with Crippen molar-refractivity contribution in [2.45, 2.75) is 82.9 Å². The average molecular weight is 490 g/mol. The average Bonchev–Trinajstić information content (AvgIpc) is 3.51. The van der Waals surface area contributed by atoms with Gasteiger partial charge in [-0.05, 0) is 49.4 Å². The van der Waals surface area contributed by atoms with Crippen LogP contribution < -0.4 is 15.4 Å². The van der Waals surface area contributed by atoms with Gasteiger partial charge in [0.15, 0.2) is 0 Å². The van der Waals surface area contributed by atoms with Crippen molar-refractivity contribution in [2.24, 2.45) is 5.92 Å². The number of benzene rings is 1. The standard InChI is InChI=1S/C25H32ClN3O3S/c26-18-10-12-19(13-11-18)32-15-24-28-22(16-33-24)25(31)29-21-8-4-3-7-20(21)27-23(30)14-9-17-5-1-2-6-17/h10-13,16-17,20-21H,1-9,14-15H2,(H,27,30)(H,29,31)/t20-,21+/m1/s1. The fourth-order valence-corrected chi connectivity index (χ4v) is 5.60. The summed E-state index contributed by atoms with van der Waals surface area (Å²) >= 11 is 7.29. The summed E-state index contributed by atoms with van der Waals surface area (Å²) in [6.07, 6.45) is 10.6. The molecule has 1 aromatic carbocycles. The number of hydrogen-bond donors (Lipinski definition) is 2. The second-order valence-electron chi connectivity index (χ2n) is 9.10. The van der Waals surface area contributed by atoms with Crippen LogP contribution in [-0.4, -0.2) is 28.9 Å². The Hall–Kier alpha value is -2.12. The summed E-state index contributed by atoms with van der Waals surface area (Å²) in [5.41, 5.74) is 0.395. The Morgan fingerprint density at radius 3 is 2.39 bits per heavy atom. The lowest BCUT2D eigenvalue weighted by molar-refractivity contribution is -0.122. The molecule has 2 amide bonds. The molecule has 0 saturated heterocycles. The molecule has 2 aliphatic rings. The normalized spacial score (nSPS) is 21.0. The quantitative estimate of drug-likeness (QED) is 0.487. The number of carbonyl (C=O) groups is 2. The second kappa shape index (κ2) is 11.8. The van der Waals surface area contributed by atoms with E-state index in [-0.39, 0.29) is 23.9 Å². The van der Waals surface area contributed by atoms with Gasteiger partial charge in [0.1, 0.15) is 23.1 Å². The first-order valence-electron chi connectivity index (χ1n) is 12.0. The van der Waals surface area contributed by atoms with Crippen LogP contribution in [0.1, 0.15) is 79.7 Å². The molecule has 2 N–H and O–H groups in total. The molecular weight excluding hydrogens is 458 g/mol. The zero-order valence-corrected chi connectivity index (χ0v) is 20.4. The van der Waals surface area contributed by atoms with E-state index in [1.807, 2.05) is 0 Å². The lowest BCUT2D eigenvalue weighted by Crippen LogP contribution is -2.53. The van der Waals surface area contributed by atoms with E-state index >= 15 is 0 Å². The first-order chi connectivity index (χ1) is 16.1. The number of halogens is 1. The van der Waals surface area contributed by atoms with Gasteiger partial charge in [-0.1, -0.05) is 50.1 Å². The predicted molar refractivity (Wildman–Crippen MR) is 131 cm³/mol. The van der Waals surface area contributed by atoms with Crippen molar-refractivity contribution in [1.29, 1.82) is 0 Å². The number of carbonyl (C=O) groups excluding carboxylic acids is 2. The maximum Gasteiger partial charge on any atom is 0.271 e. The molecule has 33 heavy (non-hydrogen) atoms. The van der Waals surface area contributed by atoms with E-state index in [1.165, 1.54) is 37.0 Å². The summed E-state index contributed by atoms with van der Waals surface area (Å²) in [7, 11) is 0. The molecular formula is C25H32ClN3O3S. The molecule has 2 aromatic rings. The van der Waals surface area contributed by atoms with Crippen molar-refractivity contribution in [3.8, 4) is 5.75 Å². The molecule has 0 spiro atoms. The number of ether oxygens (including phenoxy) is 1. The monoisotopic (exact) mass is 489 g/mol. The molecule has 2 fully saturated rings. The van der Waals surface area contributed by atoms with Crippen LogP contribution in [0.25, 0.3) is 0 Å². The van der Waals surface area contributed by atoms with E-state index in [2.05, 4.69) is 15.6 Å². The first-order valence-corrected chi connectivity index (χ1v) is 13.3. The molecule has 4 rings (SSSR count). The SMILES string of the molecule is O=C(CCC1CCCC1)N[C@@H]1CCCC[C@@H]1NC(=O)c1csc(COc2ccc(Cl)cc2)n1. The van der Waals surface area contributed by atoms with Gasteiger partial charge in [0.2, 0.25) is 5.91 Å². The largest absolute Gasteiger partial charge is 0.486 e. The molecule has 178 valence electrons. The van der Waals surface area contributed by atoms with Gasteiger partial charge in [0.05, 0.1) is 0 Å². The van der Waals surface area contributed by atoms with Gasteiger partial charge in [0, 0.05) is 28.9 Å². The lowest BCUT2D eigenvalue weighted by atomic mass is 9.90. The molecule has 0 aliphatic heterocycles. The highest BCUT2D eigenvalue weighted by atomic mass is 35.5. The van der Waals surface area contributed by atoms with Crippen LogP contribution in [0.3, 0.4) is 0 Å². The van der Waals surface area contributed by atoms with Gasteiger partial charge in [-0.25, -0.2) is 4.98 Å². The van der Waals surface area contributed by atoms with E-state index in [0.717, 1.165) is 37.1 Å². The predicted octanol–water partition coefficient (Wildman–Crippen LogP) is 5.50. The van der Waals surface area contributed by atoms with Gasteiger partial charge in [-0.2, -0.15) is 0 Å². The van der Waals surface area contributed by atoms with Crippen LogP contribution in [-0.2, 0) is 11.4 Å². The van der Waals surface area contributed by atoms with Crippen molar-refractivity contribution < 1.29 is 14.3 Å². The Labute approximate surface area is 204 Å². The number of thiazole rings is 1. The highest BCUT2D eigenvalue weighted by molar-refractivity contribution is 7.09. The van der Waals surface area contributed by atoms with E-state index in [1.54, 1.807) is 29.6 Å². The van der Waals surface area contributed by atoms with Crippen LogP contribution in [0.4, 0.5) is 0 Å². The third-order valence-electron chi connectivity index (χ3n) is 6.64. The zero-order chi connectivity index (χ0) is 23.0. The molecule has 2 saturated carbocycles. The van der Waals surface area contributed by atoms with Crippen molar-refractivity contribution >= 4 is 34.8 Å². The topological polar surface area (TPSA) is 80.3 Å². The maximum absolute atomic E-state index is 12.8. The number of hydrogen-bond acceptors (Lipinski definition) is 5. The van der Waals surface area contributed by atoms with Gasteiger partial charge in [-0.3, -0.25) is 9.59 Å². The van der Waals surface area contributed by atoms with E-state index in [9.17, 15) is 9.59 Å². The van der Waals surface area contributed by atoms with Crippen molar-refractivity contribution in [1.82, 2.24) is 15.6 Å². The van der Waals surface area contributed by atoms with Crippen LogP contribution in [0, 0.1) is 5.92 Å². The number of aromatic nitrogens is 1. The fourth-order valence-electron chi connectivity index (χ4n) is 4.79. The molecule has 0 unspecified atom stereocenters. The van der Waals surface area contributed by atoms with Crippen molar-refractivity contribution in [3.63, 3.8) is 0 Å². The number of rotatable bonds is 9. The molecule has 1 aromatic heterocycles. The summed E-state index contributed by atoms with van der Waals surface area (Å²) in [4.78, 5) is 29.8. The molecule has 0 bridgehead atoms. The minimum absolute atomic E-state index is 0.00915. The van der Waals surface area contributed by atoms with Gasteiger partial charge in [0.25, 0.3) is 5.91 Å². The fraction of sp³-hybridized carbons (Fsp3) is 0.560. The molecule has 1 heterocycles. The molecule has 2 atom stereocenters. The number of nitrogens with zero attached hydrogens (tertiary/aromatic N) is 1. The lowest BCUT2D eigenvalue weighted by Gasteiger charge is -2.32. The molecule has 6 nitrogen and oxygen atoms in total. The Balaban J connectivity index is 1.26. The zero-order valence-electron chi connectivity index (χ0n) is 18.9. The highest BCUT2D eigenvalue weighted by Crippen LogP contribution is 2.28. The van der Waals surface area contributed by atoms with Crippen molar-refractivity contribution in [2.75, 3.05) is 0 Å². The second-order valence-corrected chi connectivity index (χ2v) is 10.5. The summed E-state index contributed by atoms with van der Waals surface area (Å²) in [5.74, 6) is 1.33. The molecule has 8 heteroatoms. The molecule has 2 aliphatic carbocycles. The summed E-state index contributed by atoms with van der Waals surface area (Å²) < 4.78 is 5.72. The third-order valence-corrected chi connectivity index (χ3v) is 7.72. The summed E-state index contributed by atoms with van der Waals surface area (Å²) in [6, 6.07) is 7.07. The summed E-state index contributed by atoms with van der Waals surface area (Å²) in [6.45, 7) is 0.294. The van der Waals surface area contributed by atoms with E-state index < -0.39 is 0 Å². The van der Waals surface area contributed by atoms with Crippen molar-refractivity contribution in [3.05, 3.63) is 45.4 Å². The number of nitrogens with one attached hydrogen (secondary N) is 2. The number of amides is 2. The van der Waals surface area contributed by atoms with Crippen LogP contribution in [0.5, 0.6) is 5.75 Å². The van der Waals surface area contributed by atoms with Gasteiger partial charge in [-0.15, -0.1) is 11.3 Å². The van der Waals surface area contributed by atoms with E-state index in [4.69, 9.17) is 16.3 Å². The first kappa shape index (κ1) is 24.0. The van der Waals surface area contributed by atoms with Crippen LogP contribution >= 0.6 is 22.9 Å². The van der Waals surface area contributed by atoms with Gasteiger partial charge >= 0.3 is 0 Å². The Morgan fingerprint density at radius 1 is 1.00 bits per heavy atom. The Morgan fingerprint density at radius 2 is 1.67 bits per heavy atom. The minimum atomic E-state index is -0.193. The summed E-state index contributed by atoms with van der Waals surface area (Å²) in [5, 5.41) is 9.46. The third kappa shape index (κ3) is 7.18. The van der Waals surface area contributed by atoms with E-state index in [0.29, 0.717) is 35.4 Å². The Bertz CT molecular complexity index is 927. The minimum Gasteiger partial charge on any atom is -0.486 e. The smallest absolute Gasteiger partial charge is 0.271 e. The maximum atomic E-state index is 12.8. The highest BCUT2D eigenvalue weighted by Gasteiger charge is 2.29. The van der Waals surface area contributed by atoms with Crippen LogP contribution in [0.2, 0.25) is 5.02 Å². The Kier molecular flexibility index (Phi) is 8.62.